The van der Waals surface area contributed by atoms with Crippen LogP contribution in [0.3, 0.4) is 0 Å². The molecule has 2 rings (SSSR count). The summed E-state index contributed by atoms with van der Waals surface area (Å²) in [5, 5.41) is 14.6. The topological polar surface area (TPSA) is 78.4 Å². The molecule has 1 aromatic carbocycles. The van der Waals surface area contributed by atoms with E-state index in [1.165, 1.54) is 11.1 Å². The number of urea groups is 1. The second-order valence-electron chi connectivity index (χ2n) is 5.62. The van der Waals surface area contributed by atoms with E-state index in [0.717, 1.165) is 12.8 Å². The van der Waals surface area contributed by atoms with E-state index in [9.17, 15) is 9.59 Å². The maximum Gasteiger partial charge on any atom is 0.315 e. The second kappa shape index (κ2) is 7.11. The molecule has 0 radical (unpaired) electrons. The fraction of sp³-hybridized carbons (Fsp3) is 0.500. The van der Waals surface area contributed by atoms with Gasteiger partial charge in [0.2, 0.25) is 0 Å². The van der Waals surface area contributed by atoms with Gasteiger partial charge < -0.3 is 15.7 Å². The van der Waals surface area contributed by atoms with Gasteiger partial charge in [-0.15, -0.1) is 0 Å². The molecule has 0 aromatic heterocycles. The number of aryl methyl sites for hydroxylation is 1. The lowest BCUT2D eigenvalue weighted by atomic mass is 10.1. The molecule has 21 heavy (non-hydrogen) atoms. The van der Waals surface area contributed by atoms with Crippen molar-refractivity contribution in [3.8, 4) is 0 Å². The maximum atomic E-state index is 11.8. The summed E-state index contributed by atoms with van der Waals surface area (Å²) in [6.45, 7) is 2.63. The number of aliphatic carboxylic acids is 1. The van der Waals surface area contributed by atoms with Crippen LogP contribution >= 0.6 is 0 Å². The van der Waals surface area contributed by atoms with Gasteiger partial charge in [0.05, 0.1) is 5.92 Å². The highest BCUT2D eigenvalue weighted by molar-refractivity contribution is 5.75. The van der Waals surface area contributed by atoms with Crippen molar-refractivity contribution in [1.29, 1.82) is 0 Å². The van der Waals surface area contributed by atoms with Gasteiger partial charge in [-0.05, 0) is 43.7 Å². The highest BCUT2D eigenvalue weighted by Gasteiger charge is 2.30. The van der Waals surface area contributed by atoms with Crippen LogP contribution in [0.1, 0.15) is 30.4 Å². The molecule has 1 aliphatic carbocycles. The lowest BCUT2D eigenvalue weighted by molar-refractivity contribution is -0.141. The Balaban J connectivity index is 1.69. The normalized spacial score (nSPS) is 21.0. The summed E-state index contributed by atoms with van der Waals surface area (Å²) in [6.07, 6.45) is 2.70. The van der Waals surface area contributed by atoms with E-state index in [-0.39, 0.29) is 18.0 Å². The third kappa shape index (κ3) is 4.48. The number of carbonyl (C=O) groups is 2. The maximum absolute atomic E-state index is 11.8. The molecule has 1 aromatic rings. The van der Waals surface area contributed by atoms with E-state index < -0.39 is 5.97 Å². The molecule has 0 spiro atoms. The van der Waals surface area contributed by atoms with E-state index in [1.54, 1.807) is 0 Å². The van der Waals surface area contributed by atoms with Crippen molar-refractivity contribution in [2.45, 2.75) is 38.6 Å². The monoisotopic (exact) mass is 290 g/mol. The lowest BCUT2D eigenvalue weighted by Crippen LogP contribution is -2.41. The number of carboxylic acid groups (broad SMARTS) is 1. The van der Waals surface area contributed by atoms with E-state index in [2.05, 4.69) is 29.7 Å². The summed E-state index contributed by atoms with van der Waals surface area (Å²) < 4.78 is 0. The van der Waals surface area contributed by atoms with Crippen LogP contribution in [0.15, 0.2) is 24.3 Å². The average molecular weight is 290 g/mol. The zero-order valence-corrected chi connectivity index (χ0v) is 12.3. The first kappa shape index (κ1) is 15.4. The van der Waals surface area contributed by atoms with Gasteiger partial charge in [0.15, 0.2) is 0 Å². The number of hydrogen-bond acceptors (Lipinski definition) is 2. The average Bonchev–Trinajstić information content (AvgIpc) is 2.89. The molecule has 5 heteroatoms. The van der Waals surface area contributed by atoms with Crippen molar-refractivity contribution in [2.75, 3.05) is 6.54 Å². The number of nitrogens with one attached hydrogen (secondary N) is 2. The van der Waals surface area contributed by atoms with Crippen LogP contribution in [-0.2, 0) is 11.2 Å². The molecule has 0 heterocycles. The summed E-state index contributed by atoms with van der Waals surface area (Å²) in [5.74, 6) is -1.08. The quantitative estimate of drug-likeness (QED) is 0.777. The SMILES string of the molecule is Cc1ccccc1CCNC(=O)NC1CCC(C(=O)O)C1. The van der Waals surface area contributed by atoms with Crippen LogP contribution in [-0.4, -0.2) is 29.7 Å². The van der Waals surface area contributed by atoms with Crippen LogP contribution in [0.5, 0.6) is 0 Å². The molecule has 114 valence electrons. The number of benzene rings is 1. The zero-order valence-electron chi connectivity index (χ0n) is 12.3. The second-order valence-corrected chi connectivity index (χ2v) is 5.62. The van der Waals surface area contributed by atoms with E-state index >= 15 is 0 Å². The highest BCUT2D eigenvalue weighted by Crippen LogP contribution is 2.25. The van der Waals surface area contributed by atoms with Gasteiger partial charge in [-0.3, -0.25) is 4.79 Å². The number of rotatable bonds is 5. The predicted octanol–water partition coefficient (Wildman–Crippen LogP) is 2.09. The molecule has 1 fully saturated rings. The summed E-state index contributed by atoms with van der Waals surface area (Å²) in [7, 11) is 0. The first-order valence-corrected chi connectivity index (χ1v) is 7.38. The molecular weight excluding hydrogens is 268 g/mol. The van der Waals surface area contributed by atoms with Crippen molar-refractivity contribution < 1.29 is 14.7 Å². The van der Waals surface area contributed by atoms with Crippen LogP contribution in [0.2, 0.25) is 0 Å². The third-order valence-electron chi connectivity index (χ3n) is 4.06. The minimum Gasteiger partial charge on any atom is -0.481 e. The van der Waals surface area contributed by atoms with Crippen molar-refractivity contribution in [3.63, 3.8) is 0 Å². The molecular formula is C16H22N2O3. The Morgan fingerprint density at radius 2 is 2.05 bits per heavy atom. The molecule has 2 amide bonds. The van der Waals surface area contributed by atoms with Gasteiger partial charge in [0.1, 0.15) is 0 Å². The van der Waals surface area contributed by atoms with Crippen molar-refractivity contribution >= 4 is 12.0 Å². The Kier molecular flexibility index (Phi) is 5.20. The highest BCUT2D eigenvalue weighted by atomic mass is 16.4. The van der Waals surface area contributed by atoms with Gasteiger partial charge in [-0.1, -0.05) is 24.3 Å². The minimum atomic E-state index is -0.765. The van der Waals surface area contributed by atoms with E-state index in [0.29, 0.717) is 19.4 Å². The molecule has 1 saturated carbocycles. The van der Waals surface area contributed by atoms with Gasteiger partial charge in [0.25, 0.3) is 0 Å². The van der Waals surface area contributed by atoms with Crippen molar-refractivity contribution in [1.82, 2.24) is 10.6 Å². The summed E-state index contributed by atoms with van der Waals surface area (Å²) in [5.41, 5.74) is 2.45. The number of hydrogen-bond donors (Lipinski definition) is 3. The Bertz CT molecular complexity index is 516. The summed E-state index contributed by atoms with van der Waals surface area (Å²) in [6, 6.07) is 7.87. The molecule has 0 bridgehead atoms. The Morgan fingerprint density at radius 1 is 1.29 bits per heavy atom. The molecule has 5 nitrogen and oxygen atoms in total. The molecule has 0 saturated heterocycles. The smallest absolute Gasteiger partial charge is 0.315 e. The molecule has 0 aliphatic heterocycles. The summed E-state index contributed by atoms with van der Waals surface area (Å²) in [4.78, 5) is 22.6. The predicted molar refractivity (Wildman–Crippen MR) is 80.2 cm³/mol. The van der Waals surface area contributed by atoms with E-state index in [1.807, 2.05) is 12.1 Å². The fourth-order valence-corrected chi connectivity index (χ4v) is 2.77. The Labute approximate surface area is 124 Å². The van der Waals surface area contributed by atoms with Gasteiger partial charge in [-0.2, -0.15) is 0 Å². The molecule has 1 aliphatic rings. The Hall–Kier alpha value is -2.04. The van der Waals surface area contributed by atoms with Gasteiger partial charge in [0, 0.05) is 12.6 Å². The number of carboxylic acids is 1. The van der Waals surface area contributed by atoms with Crippen LogP contribution < -0.4 is 10.6 Å². The third-order valence-corrected chi connectivity index (χ3v) is 4.06. The fourth-order valence-electron chi connectivity index (χ4n) is 2.77. The van der Waals surface area contributed by atoms with Gasteiger partial charge in [-0.25, -0.2) is 4.79 Å². The number of amides is 2. The van der Waals surface area contributed by atoms with Crippen LogP contribution in [0.4, 0.5) is 4.79 Å². The Morgan fingerprint density at radius 3 is 2.71 bits per heavy atom. The standard InChI is InChI=1S/C16H22N2O3/c1-11-4-2-3-5-12(11)8-9-17-16(21)18-14-7-6-13(10-14)15(19)20/h2-5,13-14H,6-10H2,1H3,(H,19,20)(H2,17,18,21). The molecule has 2 atom stereocenters. The van der Waals surface area contributed by atoms with E-state index in [4.69, 9.17) is 5.11 Å². The largest absolute Gasteiger partial charge is 0.481 e. The summed E-state index contributed by atoms with van der Waals surface area (Å²) >= 11 is 0. The first-order valence-electron chi connectivity index (χ1n) is 7.38. The van der Waals surface area contributed by atoms with Crippen LogP contribution in [0.25, 0.3) is 0 Å². The van der Waals surface area contributed by atoms with Gasteiger partial charge >= 0.3 is 12.0 Å². The van der Waals surface area contributed by atoms with Crippen molar-refractivity contribution in [3.05, 3.63) is 35.4 Å². The van der Waals surface area contributed by atoms with Crippen molar-refractivity contribution in [2.24, 2.45) is 5.92 Å². The van der Waals surface area contributed by atoms with Crippen LogP contribution in [0, 0.1) is 12.8 Å². The lowest BCUT2D eigenvalue weighted by Gasteiger charge is -2.13. The molecule has 2 unspecified atom stereocenters. The zero-order chi connectivity index (χ0) is 15.2. The number of carbonyl (C=O) groups excluding carboxylic acids is 1. The first-order chi connectivity index (χ1) is 10.1. The molecule has 3 N–H and O–H groups in total. The minimum absolute atomic E-state index is 0.0236.